The minimum absolute atomic E-state index is 0.173. The second-order valence-corrected chi connectivity index (χ2v) is 2.57. The molecular formula is C8H11FN2O2. The zero-order chi connectivity index (χ0) is 9.84. The van der Waals surface area contributed by atoms with Gasteiger partial charge >= 0.3 is 5.97 Å². The van der Waals surface area contributed by atoms with Gasteiger partial charge in [0.1, 0.15) is 6.54 Å². The summed E-state index contributed by atoms with van der Waals surface area (Å²) in [5, 5.41) is 3.77. The first-order valence-electron chi connectivity index (χ1n) is 3.99. The predicted molar refractivity (Wildman–Crippen MR) is 43.6 cm³/mol. The van der Waals surface area contributed by atoms with Gasteiger partial charge in [-0.05, 0) is 13.8 Å². The summed E-state index contributed by atoms with van der Waals surface area (Å²) in [6, 6.07) is 1.26. The van der Waals surface area contributed by atoms with E-state index in [9.17, 15) is 9.18 Å². The van der Waals surface area contributed by atoms with Gasteiger partial charge < -0.3 is 4.74 Å². The number of hydrogen-bond donors (Lipinski definition) is 0. The van der Waals surface area contributed by atoms with Crippen LogP contribution in [0.4, 0.5) is 4.39 Å². The number of nitrogens with zero attached hydrogens (tertiary/aromatic N) is 2. The van der Waals surface area contributed by atoms with Crippen LogP contribution in [-0.4, -0.2) is 22.4 Å². The molecule has 0 aliphatic carbocycles. The lowest BCUT2D eigenvalue weighted by Crippen LogP contribution is -2.15. The van der Waals surface area contributed by atoms with Crippen LogP contribution >= 0.6 is 0 Å². The quantitative estimate of drug-likeness (QED) is 0.658. The molecule has 0 saturated carbocycles. The first-order chi connectivity index (χ1) is 6.13. The Morgan fingerprint density at radius 3 is 2.92 bits per heavy atom. The van der Waals surface area contributed by atoms with Crippen LogP contribution in [0, 0.1) is 12.9 Å². The van der Waals surface area contributed by atoms with Gasteiger partial charge in [0.2, 0.25) is 5.95 Å². The van der Waals surface area contributed by atoms with E-state index < -0.39 is 11.9 Å². The third kappa shape index (κ3) is 2.54. The molecule has 0 spiro atoms. The van der Waals surface area contributed by atoms with E-state index in [1.807, 2.05) is 0 Å². The first-order valence-corrected chi connectivity index (χ1v) is 3.99. The summed E-state index contributed by atoms with van der Waals surface area (Å²) in [5.41, 5.74) is 0.543. The van der Waals surface area contributed by atoms with Crippen LogP contribution in [-0.2, 0) is 16.1 Å². The SMILES string of the molecule is CCOC(=O)Cn1nc(C)cc1F. The van der Waals surface area contributed by atoms with Crippen molar-refractivity contribution in [3.05, 3.63) is 17.7 Å². The maximum atomic E-state index is 12.9. The Bertz CT molecular complexity index is 309. The van der Waals surface area contributed by atoms with Gasteiger partial charge in [0.25, 0.3) is 0 Å². The van der Waals surface area contributed by atoms with Crippen molar-refractivity contribution < 1.29 is 13.9 Å². The Labute approximate surface area is 75.3 Å². The lowest BCUT2D eigenvalue weighted by Gasteiger charge is -2.01. The standard InChI is InChI=1S/C8H11FN2O2/c1-3-13-8(12)5-11-7(9)4-6(2)10-11/h4H,3,5H2,1-2H3. The highest BCUT2D eigenvalue weighted by Crippen LogP contribution is 2.00. The first kappa shape index (κ1) is 9.70. The van der Waals surface area contributed by atoms with Crippen LogP contribution < -0.4 is 0 Å². The zero-order valence-corrected chi connectivity index (χ0v) is 7.58. The van der Waals surface area contributed by atoms with Crippen molar-refractivity contribution in [1.29, 1.82) is 0 Å². The van der Waals surface area contributed by atoms with Gasteiger partial charge in [-0.25, -0.2) is 4.68 Å². The van der Waals surface area contributed by atoms with Crippen molar-refractivity contribution >= 4 is 5.97 Å². The summed E-state index contributed by atoms with van der Waals surface area (Å²) in [5.74, 6) is -1.00. The molecular weight excluding hydrogens is 175 g/mol. The van der Waals surface area contributed by atoms with Gasteiger partial charge in [-0.2, -0.15) is 9.49 Å². The van der Waals surface area contributed by atoms with Gasteiger partial charge in [0.15, 0.2) is 0 Å². The minimum Gasteiger partial charge on any atom is -0.465 e. The summed E-state index contributed by atoms with van der Waals surface area (Å²) in [4.78, 5) is 10.9. The van der Waals surface area contributed by atoms with E-state index in [0.717, 1.165) is 4.68 Å². The lowest BCUT2D eigenvalue weighted by molar-refractivity contribution is -0.144. The van der Waals surface area contributed by atoms with Gasteiger partial charge in [-0.15, -0.1) is 0 Å². The van der Waals surface area contributed by atoms with Gasteiger partial charge in [0, 0.05) is 6.07 Å². The Balaban J connectivity index is 2.63. The van der Waals surface area contributed by atoms with Crippen molar-refractivity contribution in [2.45, 2.75) is 20.4 Å². The molecule has 1 aromatic heterocycles. The summed E-state index contributed by atoms with van der Waals surface area (Å²) in [7, 11) is 0. The van der Waals surface area contributed by atoms with Crippen LogP contribution in [0.2, 0.25) is 0 Å². The van der Waals surface area contributed by atoms with Crippen molar-refractivity contribution in [2.24, 2.45) is 0 Å². The molecule has 0 aromatic carbocycles. The van der Waals surface area contributed by atoms with Crippen LogP contribution in [0.1, 0.15) is 12.6 Å². The molecule has 0 aliphatic heterocycles. The molecule has 5 heteroatoms. The number of esters is 1. The largest absolute Gasteiger partial charge is 0.465 e. The topological polar surface area (TPSA) is 44.1 Å². The number of hydrogen-bond acceptors (Lipinski definition) is 3. The van der Waals surface area contributed by atoms with Crippen molar-refractivity contribution in [3.63, 3.8) is 0 Å². The average Bonchev–Trinajstić information content (AvgIpc) is 2.30. The average molecular weight is 186 g/mol. The third-order valence-corrected chi connectivity index (χ3v) is 1.44. The molecule has 0 amide bonds. The van der Waals surface area contributed by atoms with E-state index in [1.54, 1.807) is 13.8 Å². The van der Waals surface area contributed by atoms with E-state index in [0.29, 0.717) is 12.3 Å². The van der Waals surface area contributed by atoms with Gasteiger partial charge in [0.05, 0.1) is 12.3 Å². The van der Waals surface area contributed by atoms with Crippen molar-refractivity contribution in [1.82, 2.24) is 9.78 Å². The smallest absolute Gasteiger partial charge is 0.327 e. The molecule has 0 unspecified atom stereocenters. The number of ether oxygens (including phenoxy) is 1. The molecule has 4 nitrogen and oxygen atoms in total. The summed E-state index contributed by atoms with van der Waals surface area (Å²) in [6.07, 6.45) is 0. The summed E-state index contributed by atoms with van der Waals surface area (Å²) >= 11 is 0. The molecule has 72 valence electrons. The Morgan fingerprint density at radius 1 is 1.77 bits per heavy atom. The molecule has 0 N–H and O–H groups in total. The lowest BCUT2D eigenvalue weighted by atomic mass is 10.5. The fraction of sp³-hybridized carbons (Fsp3) is 0.500. The van der Waals surface area contributed by atoms with E-state index >= 15 is 0 Å². The van der Waals surface area contributed by atoms with Gasteiger partial charge in [-0.3, -0.25) is 4.79 Å². The number of carbonyl (C=O) groups excluding carboxylic acids is 1. The molecule has 0 atom stereocenters. The molecule has 0 radical (unpaired) electrons. The minimum atomic E-state index is -0.523. The van der Waals surface area contributed by atoms with Crippen molar-refractivity contribution in [2.75, 3.05) is 6.61 Å². The second-order valence-electron chi connectivity index (χ2n) is 2.57. The molecule has 13 heavy (non-hydrogen) atoms. The van der Waals surface area contributed by atoms with E-state index in [2.05, 4.69) is 9.84 Å². The van der Waals surface area contributed by atoms with Crippen LogP contribution in [0.25, 0.3) is 0 Å². The maximum absolute atomic E-state index is 12.9. The normalized spacial score (nSPS) is 10.1. The number of halogens is 1. The predicted octanol–water partition coefficient (Wildman–Crippen LogP) is 0.894. The van der Waals surface area contributed by atoms with Crippen LogP contribution in [0.15, 0.2) is 6.07 Å². The van der Waals surface area contributed by atoms with Crippen LogP contribution in [0.5, 0.6) is 0 Å². The van der Waals surface area contributed by atoms with Gasteiger partial charge in [-0.1, -0.05) is 0 Å². The highest BCUT2D eigenvalue weighted by atomic mass is 19.1. The van der Waals surface area contributed by atoms with Crippen LogP contribution in [0.3, 0.4) is 0 Å². The molecule has 0 aliphatic rings. The zero-order valence-electron chi connectivity index (χ0n) is 7.58. The number of rotatable bonds is 3. The Hall–Kier alpha value is -1.39. The highest BCUT2D eigenvalue weighted by Gasteiger charge is 2.09. The molecule has 1 heterocycles. The monoisotopic (exact) mass is 186 g/mol. The Kier molecular flexibility index (Phi) is 3.00. The van der Waals surface area contributed by atoms with E-state index in [-0.39, 0.29) is 6.54 Å². The Morgan fingerprint density at radius 2 is 2.46 bits per heavy atom. The summed E-state index contributed by atoms with van der Waals surface area (Å²) < 4.78 is 18.5. The fourth-order valence-corrected chi connectivity index (χ4v) is 0.954. The van der Waals surface area contributed by atoms with Crippen molar-refractivity contribution in [3.8, 4) is 0 Å². The number of aryl methyl sites for hydroxylation is 1. The summed E-state index contributed by atoms with van der Waals surface area (Å²) in [6.45, 7) is 3.47. The van der Waals surface area contributed by atoms with E-state index in [4.69, 9.17) is 0 Å². The number of carbonyl (C=O) groups is 1. The van der Waals surface area contributed by atoms with E-state index in [1.165, 1.54) is 6.07 Å². The highest BCUT2D eigenvalue weighted by molar-refractivity contribution is 5.68. The molecule has 0 saturated heterocycles. The number of aromatic nitrogens is 2. The molecule has 1 rings (SSSR count). The molecule has 0 fully saturated rings. The molecule has 1 aromatic rings. The third-order valence-electron chi connectivity index (χ3n) is 1.44. The fourth-order valence-electron chi connectivity index (χ4n) is 0.954. The molecule has 0 bridgehead atoms. The second kappa shape index (κ2) is 4.02. The maximum Gasteiger partial charge on any atom is 0.327 e.